The van der Waals surface area contributed by atoms with Gasteiger partial charge in [-0.1, -0.05) is 277 Å². The second-order valence-electron chi connectivity index (χ2n) is 25.9. The summed E-state index contributed by atoms with van der Waals surface area (Å²) < 4.78 is 68.5. The Morgan fingerprint density at radius 3 is 0.833 bits per heavy atom. The molecule has 0 aromatic carbocycles. The van der Waals surface area contributed by atoms with Crippen LogP contribution in [0.5, 0.6) is 0 Å². The van der Waals surface area contributed by atoms with Crippen molar-refractivity contribution in [3.8, 4) is 0 Å². The summed E-state index contributed by atoms with van der Waals surface area (Å²) in [5.41, 5.74) is 0. The van der Waals surface area contributed by atoms with Crippen LogP contribution in [0.4, 0.5) is 0 Å². The van der Waals surface area contributed by atoms with Crippen molar-refractivity contribution in [2.75, 3.05) is 39.6 Å². The van der Waals surface area contributed by atoms with Crippen LogP contribution in [0.1, 0.15) is 310 Å². The zero-order valence-electron chi connectivity index (χ0n) is 63.7. The summed E-state index contributed by atoms with van der Waals surface area (Å²) >= 11 is 0. The van der Waals surface area contributed by atoms with Gasteiger partial charge in [-0.3, -0.25) is 37.3 Å². The number of hydrogen-bond acceptors (Lipinski definition) is 15. The van der Waals surface area contributed by atoms with E-state index in [2.05, 4.69) is 161 Å². The summed E-state index contributed by atoms with van der Waals surface area (Å²) in [5.74, 6) is -2.27. The van der Waals surface area contributed by atoms with Gasteiger partial charge in [-0.15, -0.1) is 0 Å². The average molecular weight is 1470 g/mol. The van der Waals surface area contributed by atoms with Crippen molar-refractivity contribution in [2.24, 2.45) is 0 Å². The van der Waals surface area contributed by atoms with Crippen LogP contribution in [-0.4, -0.2) is 96.7 Å². The molecule has 0 radical (unpaired) electrons. The smallest absolute Gasteiger partial charge is 0.462 e. The minimum atomic E-state index is -5.00. The van der Waals surface area contributed by atoms with Crippen molar-refractivity contribution < 1.29 is 80.2 Å². The molecule has 0 amide bonds. The fourth-order valence-electron chi connectivity index (χ4n) is 10.1. The molecule has 0 aromatic heterocycles. The van der Waals surface area contributed by atoms with Crippen LogP contribution >= 0.6 is 15.6 Å². The molecule has 0 rings (SSSR count). The fourth-order valence-corrected chi connectivity index (χ4v) is 11.7. The Hall–Kier alpha value is -4.80. The van der Waals surface area contributed by atoms with E-state index in [4.69, 9.17) is 37.0 Å². The topological polar surface area (TPSA) is 237 Å². The third kappa shape index (κ3) is 73.5. The standard InChI is InChI=1S/C83H140O17P2/c1-5-9-13-17-21-25-29-33-36-37-38-39-42-45-48-52-56-60-64-68-81(86)94-74-79(100-83(88)70-66-62-58-54-50-46-41-35-31-27-23-19-15-11-7-3)76-98-102(91,92)96-72-77(84)71-95-101(89,90)97-75-78(99-82(87)69-65-61-57-53-49-43-32-28-24-20-16-12-8-4)73-93-80(85)67-63-59-55-51-47-44-40-34-30-26-22-18-14-10-6-2/h9,11,13,15,21-23,25-27,33-36,38-41,45,48,50,54,77-79,84H,5-8,10,12,14,16-20,24,28-32,37,42-44,46-47,49,51-53,55-76H2,1-4H3,(H,89,90)(H,91,92)/b13-9-,15-11-,25-21-,26-22-,27-23-,36-33-,39-38-,40-34-,41-35-,48-45-,54-50-. The number of carbonyl (C=O) groups excluding carboxylic acids is 4. The van der Waals surface area contributed by atoms with E-state index in [9.17, 15) is 43.2 Å². The van der Waals surface area contributed by atoms with E-state index in [0.717, 1.165) is 154 Å². The van der Waals surface area contributed by atoms with Gasteiger partial charge >= 0.3 is 39.5 Å². The number of carbonyl (C=O) groups is 4. The molecule has 584 valence electrons. The zero-order chi connectivity index (χ0) is 74.6. The summed E-state index contributed by atoms with van der Waals surface area (Å²) in [6.45, 7) is 4.53. The molecule has 3 N–H and O–H groups in total. The van der Waals surface area contributed by atoms with E-state index in [1.165, 1.54) is 70.6 Å². The van der Waals surface area contributed by atoms with E-state index in [1.54, 1.807) is 0 Å². The summed E-state index contributed by atoms with van der Waals surface area (Å²) in [5, 5.41) is 10.6. The van der Waals surface area contributed by atoms with Gasteiger partial charge in [-0.25, -0.2) is 9.13 Å². The van der Waals surface area contributed by atoms with Crippen molar-refractivity contribution in [2.45, 2.75) is 329 Å². The number of rotatable bonds is 73. The SMILES string of the molecule is CC/C=C\C/C=C\C/C=C\C/C=C\C/C=C\CCCCCC(=O)OCC(COP(=O)(O)OCC(O)COP(=O)(O)OCC(COC(=O)CCCCCCC/C=C\C/C=C\CCCCC)OC(=O)CCCCCCCCCCCCCCC)OC(=O)CCCC/C=C\C/C=C\C/C=C\C/C=C\CC. The van der Waals surface area contributed by atoms with Crippen molar-refractivity contribution in [3.63, 3.8) is 0 Å². The molecule has 0 saturated carbocycles. The fraction of sp³-hybridized carbons (Fsp3) is 0.687. The molecule has 0 bridgehead atoms. The van der Waals surface area contributed by atoms with Gasteiger partial charge in [0.2, 0.25) is 0 Å². The predicted octanol–water partition coefficient (Wildman–Crippen LogP) is 22.9. The molecule has 5 atom stereocenters. The maximum absolute atomic E-state index is 13.1. The number of allylic oxidation sites excluding steroid dienone is 22. The summed E-state index contributed by atoms with van der Waals surface area (Å²) in [4.78, 5) is 72.9. The first kappa shape index (κ1) is 97.2. The molecular formula is C83H140O17P2. The Morgan fingerprint density at radius 1 is 0.284 bits per heavy atom. The largest absolute Gasteiger partial charge is 0.472 e. The molecule has 0 aliphatic heterocycles. The molecule has 19 heteroatoms. The number of hydrogen-bond donors (Lipinski definition) is 3. The second-order valence-corrected chi connectivity index (χ2v) is 28.8. The number of ether oxygens (including phenoxy) is 4. The molecule has 0 spiro atoms. The van der Waals surface area contributed by atoms with Gasteiger partial charge in [0.25, 0.3) is 0 Å². The zero-order valence-corrected chi connectivity index (χ0v) is 65.5. The number of esters is 4. The third-order valence-electron chi connectivity index (χ3n) is 16.1. The lowest BCUT2D eigenvalue weighted by Crippen LogP contribution is -2.30. The lowest BCUT2D eigenvalue weighted by atomic mass is 10.0. The highest BCUT2D eigenvalue weighted by Gasteiger charge is 2.30. The van der Waals surface area contributed by atoms with Gasteiger partial charge in [0, 0.05) is 25.7 Å². The molecular weight excluding hydrogens is 1330 g/mol. The monoisotopic (exact) mass is 1470 g/mol. The van der Waals surface area contributed by atoms with Gasteiger partial charge in [0.05, 0.1) is 26.4 Å². The van der Waals surface area contributed by atoms with Crippen LogP contribution in [0, 0.1) is 0 Å². The van der Waals surface area contributed by atoms with Crippen LogP contribution in [0.15, 0.2) is 134 Å². The van der Waals surface area contributed by atoms with Crippen LogP contribution in [-0.2, 0) is 65.4 Å². The first-order valence-electron chi connectivity index (χ1n) is 39.4. The third-order valence-corrected chi connectivity index (χ3v) is 18.0. The highest BCUT2D eigenvalue weighted by Crippen LogP contribution is 2.45. The van der Waals surface area contributed by atoms with Gasteiger partial charge < -0.3 is 33.8 Å². The Balaban J connectivity index is 5.42. The Bertz CT molecular complexity index is 2460. The van der Waals surface area contributed by atoms with E-state index >= 15 is 0 Å². The normalized spacial score (nSPS) is 14.6. The lowest BCUT2D eigenvalue weighted by molar-refractivity contribution is -0.161. The molecule has 0 aromatic rings. The minimum absolute atomic E-state index is 0.0315. The summed E-state index contributed by atoms with van der Waals surface area (Å²) in [6, 6.07) is 0. The van der Waals surface area contributed by atoms with Crippen molar-refractivity contribution in [1.29, 1.82) is 0 Å². The Morgan fingerprint density at radius 2 is 0.510 bits per heavy atom. The van der Waals surface area contributed by atoms with Crippen LogP contribution < -0.4 is 0 Å². The van der Waals surface area contributed by atoms with Crippen LogP contribution in [0.2, 0.25) is 0 Å². The maximum atomic E-state index is 13.1. The number of phosphoric ester groups is 2. The molecule has 0 aliphatic rings. The molecule has 17 nitrogen and oxygen atoms in total. The first-order valence-corrected chi connectivity index (χ1v) is 42.4. The Kier molecular flexibility index (Phi) is 71.0. The second kappa shape index (κ2) is 74.5. The molecule has 0 aliphatic carbocycles. The maximum Gasteiger partial charge on any atom is 0.472 e. The van der Waals surface area contributed by atoms with Gasteiger partial charge in [-0.2, -0.15) is 0 Å². The molecule has 5 unspecified atom stereocenters. The molecule has 0 heterocycles. The minimum Gasteiger partial charge on any atom is -0.462 e. The molecule has 0 saturated heterocycles. The van der Waals surface area contributed by atoms with Crippen molar-refractivity contribution in [3.05, 3.63) is 134 Å². The number of phosphoric acid groups is 2. The first-order chi connectivity index (χ1) is 49.7. The van der Waals surface area contributed by atoms with E-state index in [0.29, 0.717) is 32.1 Å². The van der Waals surface area contributed by atoms with Crippen LogP contribution in [0.25, 0.3) is 0 Å². The highest BCUT2D eigenvalue weighted by molar-refractivity contribution is 7.47. The van der Waals surface area contributed by atoms with E-state index < -0.39 is 97.5 Å². The predicted molar refractivity (Wildman–Crippen MR) is 418 cm³/mol. The number of unbranched alkanes of at least 4 members (excludes halogenated alkanes) is 25. The van der Waals surface area contributed by atoms with Crippen molar-refractivity contribution >= 4 is 39.5 Å². The molecule has 0 fully saturated rings. The van der Waals surface area contributed by atoms with Gasteiger partial charge in [-0.05, 0) is 141 Å². The van der Waals surface area contributed by atoms with Crippen LogP contribution in [0.3, 0.4) is 0 Å². The van der Waals surface area contributed by atoms with Gasteiger partial charge in [0.1, 0.15) is 19.3 Å². The number of aliphatic hydroxyl groups excluding tert-OH is 1. The quantitative estimate of drug-likeness (QED) is 0.0169. The van der Waals surface area contributed by atoms with E-state index in [-0.39, 0.29) is 25.7 Å². The lowest BCUT2D eigenvalue weighted by Gasteiger charge is -2.21. The average Bonchev–Trinajstić information content (AvgIpc) is 0.924. The summed E-state index contributed by atoms with van der Waals surface area (Å²) in [6.07, 6.45) is 82.9. The molecule has 102 heavy (non-hydrogen) atoms. The van der Waals surface area contributed by atoms with Gasteiger partial charge in [0.15, 0.2) is 12.2 Å². The Labute approximate surface area is 618 Å². The van der Waals surface area contributed by atoms with Crippen molar-refractivity contribution in [1.82, 2.24) is 0 Å². The summed E-state index contributed by atoms with van der Waals surface area (Å²) in [7, 11) is -9.98. The highest BCUT2D eigenvalue weighted by atomic mass is 31.2. The number of aliphatic hydroxyl groups is 1. The van der Waals surface area contributed by atoms with E-state index in [1.807, 2.05) is 0 Å².